The van der Waals surface area contributed by atoms with E-state index in [1.165, 1.54) is 51.4 Å². The second kappa shape index (κ2) is 5.78. The van der Waals surface area contributed by atoms with Gasteiger partial charge in [-0.1, -0.05) is 6.07 Å². The molecule has 2 fully saturated rings. The van der Waals surface area contributed by atoms with Crippen LogP contribution in [0.2, 0.25) is 0 Å². The Morgan fingerprint density at radius 2 is 2.11 bits per heavy atom. The molecule has 0 saturated carbocycles. The number of hydrogen-bond donors (Lipinski definition) is 1. The van der Waals surface area contributed by atoms with E-state index in [-0.39, 0.29) is 0 Å². The maximum Gasteiger partial charge on any atom is 0.0543 e. The van der Waals surface area contributed by atoms with Crippen molar-refractivity contribution in [3.05, 3.63) is 30.1 Å². The third kappa shape index (κ3) is 2.88. The summed E-state index contributed by atoms with van der Waals surface area (Å²) in [6.07, 6.45) is 3.17. The van der Waals surface area contributed by atoms with Gasteiger partial charge in [0.15, 0.2) is 0 Å². The van der Waals surface area contributed by atoms with Crippen LogP contribution >= 0.6 is 0 Å². The van der Waals surface area contributed by atoms with Crippen molar-refractivity contribution < 1.29 is 0 Å². The van der Waals surface area contributed by atoms with E-state index < -0.39 is 0 Å². The molecule has 2 saturated heterocycles. The van der Waals surface area contributed by atoms with Gasteiger partial charge in [-0.25, -0.2) is 0 Å². The summed E-state index contributed by atoms with van der Waals surface area (Å²) < 4.78 is 0. The SMILES string of the molecule is c1ccc(CN2CCCN(C3CNC3)CC2)nc1. The first kappa shape index (κ1) is 12.1. The quantitative estimate of drug-likeness (QED) is 0.844. The molecule has 0 atom stereocenters. The normalized spacial score (nSPS) is 23.6. The maximum atomic E-state index is 4.42. The summed E-state index contributed by atoms with van der Waals surface area (Å²) in [5.41, 5.74) is 1.19. The fourth-order valence-corrected chi connectivity index (χ4v) is 2.77. The van der Waals surface area contributed by atoms with Gasteiger partial charge in [0.05, 0.1) is 5.69 Å². The summed E-state index contributed by atoms with van der Waals surface area (Å²) in [7, 11) is 0. The molecular formula is C14H22N4. The van der Waals surface area contributed by atoms with E-state index in [0.29, 0.717) is 0 Å². The first-order chi connectivity index (χ1) is 8.92. The monoisotopic (exact) mass is 246 g/mol. The minimum atomic E-state index is 0.791. The molecule has 3 heterocycles. The zero-order valence-corrected chi connectivity index (χ0v) is 10.9. The van der Waals surface area contributed by atoms with Crippen molar-refractivity contribution in [2.24, 2.45) is 0 Å². The lowest BCUT2D eigenvalue weighted by atomic mass is 10.1. The van der Waals surface area contributed by atoms with Crippen LogP contribution in [0.25, 0.3) is 0 Å². The topological polar surface area (TPSA) is 31.4 Å². The predicted octanol–water partition coefficient (Wildman–Crippen LogP) is 0.561. The molecule has 2 aliphatic heterocycles. The summed E-state index contributed by atoms with van der Waals surface area (Å²) >= 11 is 0. The van der Waals surface area contributed by atoms with Crippen molar-refractivity contribution in [1.82, 2.24) is 20.1 Å². The number of pyridine rings is 1. The fourth-order valence-electron chi connectivity index (χ4n) is 2.77. The van der Waals surface area contributed by atoms with Gasteiger partial charge in [-0.3, -0.25) is 14.8 Å². The largest absolute Gasteiger partial charge is 0.314 e. The Morgan fingerprint density at radius 3 is 2.83 bits per heavy atom. The van der Waals surface area contributed by atoms with Crippen molar-refractivity contribution in [2.45, 2.75) is 19.0 Å². The number of rotatable bonds is 3. The Kier molecular flexibility index (Phi) is 3.88. The molecule has 1 aromatic rings. The van der Waals surface area contributed by atoms with Gasteiger partial charge >= 0.3 is 0 Å². The van der Waals surface area contributed by atoms with Gasteiger partial charge in [-0.05, 0) is 31.6 Å². The van der Waals surface area contributed by atoms with Crippen LogP contribution in [0, 0.1) is 0 Å². The van der Waals surface area contributed by atoms with Crippen LogP contribution in [-0.4, -0.2) is 60.1 Å². The van der Waals surface area contributed by atoms with Crippen LogP contribution in [-0.2, 0) is 6.54 Å². The minimum absolute atomic E-state index is 0.791. The van der Waals surface area contributed by atoms with Crippen LogP contribution in [0.15, 0.2) is 24.4 Å². The summed E-state index contributed by atoms with van der Waals surface area (Å²) in [4.78, 5) is 9.60. The zero-order chi connectivity index (χ0) is 12.2. The Morgan fingerprint density at radius 1 is 1.17 bits per heavy atom. The molecule has 98 valence electrons. The van der Waals surface area contributed by atoms with E-state index in [1.807, 2.05) is 12.3 Å². The summed E-state index contributed by atoms with van der Waals surface area (Å²) in [6.45, 7) is 8.20. The van der Waals surface area contributed by atoms with Crippen LogP contribution in [0.4, 0.5) is 0 Å². The molecule has 3 rings (SSSR count). The van der Waals surface area contributed by atoms with Crippen molar-refractivity contribution in [3.8, 4) is 0 Å². The molecule has 4 heteroatoms. The summed E-state index contributed by atoms with van der Waals surface area (Å²) in [5, 5.41) is 3.36. The third-order valence-corrected chi connectivity index (χ3v) is 4.01. The van der Waals surface area contributed by atoms with E-state index in [1.54, 1.807) is 0 Å². The van der Waals surface area contributed by atoms with Crippen molar-refractivity contribution in [3.63, 3.8) is 0 Å². The fraction of sp³-hybridized carbons (Fsp3) is 0.643. The van der Waals surface area contributed by atoms with Crippen LogP contribution < -0.4 is 5.32 Å². The second-order valence-electron chi connectivity index (χ2n) is 5.30. The highest BCUT2D eigenvalue weighted by molar-refractivity contribution is 5.03. The van der Waals surface area contributed by atoms with Crippen molar-refractivity contribution in [2.75, 3.05) is 39.3 Å². The van der Waals surface area contributed by atoms with Crippen molar-refractivity contribution in [1.29, 1.82) is 0 Å². The van der Waals surface area contributed by atoms with Crippen LogP contribution in [0.1, 0.15) is 12.1 Å². The molecule has 1 aromatic heterocycles. The van der Waals surface area contributed by atoms with E-state index in [2.05, 4.69) is 32.2 Å². The van der Waals surface area contributed by atoms with Gasteiger partial charge in [-0.2, -0.15) is 0 Å². The Hall–Kier alpha value is -0.970. The zero-order valence-electron chi connectivity index (χ0n) is 10.9. The number of aromatic nitrogens is 1. The highest BCUT2D eigenvalue weighted by atomic mass is 15.3. The number of nitrogens with zero attached hydrogens (tertiary/aromatic N) is 3. The molecule has 0 spiro atoms. The lowest BCUT2D eigenvalue weighted by Gasteiger charge is -2.37. The molecule has 4 nitrogen and oxygen atoms in total. The molecule has 1 N–H and O–H groups in total. The highest BCUT2D eigenvalue weighted by Gasteiger charge is 2.26. The number of hydrogen-bond acceptors (Lipinski definition) is 4. The molecule has 0 bridgehead atoms. The smallest absolute Gasteiger partial charge is 0.0543 e. The van der Waals surface area contributed by atoms with Gasteiger partial charge in [0.1, 0.15) is 0 Å². The lowest BCUT2D eigenvalue weighted by Crippen LogP contribution is -2.57. The molecule has 0 radical (unpaired) electrons. The van der Waals surface area contributed by atoms with Gasteiger partial charge in [0.2, 0.25) is 0 Å². The number of nitrogens with one attached hydrogen (secondary N) is 1. The maximum absolute atomic E-state index is 4.42. The van der Waals surface area contributed by atoms with Gasteiger partial charge < -0.3 is 5.32 Å². The van der Waals surface area contributed by atoms with E-state index in [0.717, 1.165) is 12.6 Å². The summed E-state index contributed by atoms with van der Waals surface area (Å²) in [6, 6.07) is 6.97. The minimum Gasteiger partial charge on any atom is -0.314 e. The average molecular weight is 246 g/mol. The predicted molar refractivity (Wildman–Crippen MR) is 72.4 cm³/mol. The molecule has 2 aliphatic rings. The second-order valence-corrected chi connectivity index (χ2v) is 5.30. The molecule has 0 amide bonds. The molecule has 18 heavy (non-hydrogen) atoms. The lowest BCUT2D eigenvalue weighted by molar-refractivity contribution is 0.148. The molecule has 0 aliphatic carbocycles. The Labute approximate surface area is 109 Å². The third-order valence-electron chi connectivity index (χ3n) is 4.01. The van der Waals surface area contributed by atoms with Crippen LogP contribution in [0.3, 0.4) is 0 Å². The van der Waals surface area contributed by atoms with Crippen molar-refractivity contribution >= 4 is 0 Å². The molecule has 0 unspecified atom stereocenters. The standard InChI is InChI=1S/C14H22N4/c1-2-5-16-13(4-1)12-17-6-3-7-18(9-8-17)14-10-15-11-14/h1-2,4-5,14-15H,3,6-12H2. The van der Waals surface area contributed by atoms with Gasteiger partial charge in [0, 0.05) is 45.0 Å². The first-order valence-electron chi connectivity index (χ1n) is 6.99. The molecular weight excluding hydrogens is 224 g/mol. The average Bonchev–Trinajstić information content (AvgIpc) is 2.55. The van der Waals surface area contributed by atoms with E-state index in [9.17, 15) is 0 Å². The first-order valence-corrected chi connectivity index (χ1v) is 6.99. The highest BCUT2D eigenvalue weighted by Crippen LogP contribution is 2.11. The van der Waals surface area contributed by atoms with Crippen LogP contribution in [0.5, 0.6) is 0 Å². The molecule has 0 aromatic carbocycles. The summed E-state index contributed by atoms with van der Waals surface area (Å²) in [5.74, 6) is 0. The van der Waals surface area contributed by atoms with E-state index in [4.69, 9.17) is 0 Å². The van der Waals surface area contributed by atoms with Gasteiger partial charge in [0.25, 0.3) is 0 Å². The Balaban J connectivity index is 1.52. The van der Waals surface area contributed by atoms with Gasteiger partial charge in [-0.15, -0.1) is 0 Å². The van der Waals surface area contributed by atoms with E-state index >= 15 is 0 Å². The Bertz CT molecular complexity index is 363.